The van der Waals surface area contributed by atoms with Crippen molar-refractivity contribution in [3.63, 3.8) is 0 Å². The summed E-state index contributed by atoms with van der Waals surface area (Å²) in [6, 6.07) is 3.97. The molecule has 2 rings (SSSR count). The number of aromatic nitrogens is 4. The van der Waals surface area contributed by atoms with E-state index in [1.165, 1.54) is 0 Å². The van der Waals surface area contributed by atoms with Gasteiger partial charge in [0.05, 0.1) is 5.69 Å². The highest BCUT2D eigenvalue weighted by Gasteiger charge is 2.09. The second-order valence-electron chi connectivity index (χ2n) is 5.69. The predicted molar refractivity (Wildman–Crippen MR) is 85.4 cm³/mol. The van der Waals surface area contributed by atoms with Gasteiger partial charge >= 0.3 is 0 Å². The van der Waals surface area contributed by atoms with Crippen molar-refractivity contribution >= 4 is 5.91 Å². The van der Waals surface area contributed by atoms with Crippen molar-refractivity contribution in [3.8, 4) is 0 Å². The number of hydrogen-bond acceptors (Lipinski definition) is 3. The third-order valence-electron chi connectivity index (χ3n) is 3.73. The van der Waals surface area contributed by atoms with Gasteiger partial charge in [0, 0.05) is 51.2 Å². The van der Waals surface area contributed by atoms with Crippen LogP contribution in [0.2, 0.25) is 0 Å². The molecule has 6 nitrogen and oxygen atoms in total. The minimum absolute atomic E-state index is 0.196. The lowest BCUT2D eigenvalue weighted by Crippen LogP contribution is -2.28. The molecule has 2 aromatic heterocycles. The molecule has 0 saturated carbocycles. The van der Waals surface area contributed by atoms with Gasteiger partial charge in [0.15, 0.2) is 0 Å². The first-order chi connectivity index (χ1) is 10.6. The van der Waals surface area contributed by atoms with E-state index in [1.54, 1.807) is 6.20 Å². The zero-order chi connectivity index (χ0) is 15.9. The molecule has 1 amide bonds. The number of hydrogen-bond donors (Lipinski definition) is 0. The number of amides is 1. The molecule has 0 spiro atoms. The van der Waals surface area contributed by atoms with E-state index >= 15 is 0 Å². The summed E-state index contributed by atoms with van der Waals surface area (Å²) >= 11 is 0. The molecule has 22 heavy (non-hydrogen) atoms. The molecule has 0 saturated heterocycles. The van der Waals surface area contributed by atoms with Crippen molar-refractivity contribution in [2.75, 3.05) is 13.6 Å². The van der Waals surface area contributed by atoms with Gasteiger partial charge in [-0.15, -0.1) is 0 Å². The highest BCUT2D eigenvalue weighted by atomic mass is 16.2. The van der Waals surface area contributed by atoms with Crippen LogP contribution in [0.25, 0.3) is 0 Å². The van der Waals surface area contributed by atoms with Crippen LogP contribution >= 0.6 is 0 Å². The van der Waals surface area contributed by atoms with Crippen LogP contribution in [0.4, 0.5) is 0 Å². The number of rotatable bonds is 8. The standard InChI is InChI=1S/C16H25N5O/c1-14-13-15(2)21(18-14)12-4-7-16(22)19(3)9-6-11-20-10-5-8-17-20/h5,8,10,13H,4,6-7,9,11-12H2,1-3H3. The van der Waals surface area contributed by atoms with Gasteiger partial charge in [0.1, 0.15) is 0 Å². The van der Waals surface area contributed by atoms with Crippen LogP contribution in [-0.2, 0) is 17.9 Å². The first-order valence-corrected chi connectivity index (χ1v) is 7.78. The van der Waals surface area contributed by atoms with Gasteiger partial charge in [-0.05, 0) is 38.8 Å². The lowest BCUT2D eigenvalue weighted by molar-refractivity contribution is -0.130. The van der Waals surface area contributed by atoms with Gasteiger partial charge in [-0.1, -0.05) is 0 Å². The van der Waals surface area contributed by atoms with E-state index in [1.807, 2.05) is 47.4 Å². The predicted octanol–water partition coefficient (Wildman–Crippen LogP) is 2.03. The Hall–Kier alpha value is -2.11. The lowest BCUT2D eigenvalue weighted by atomic mass is 10.2. The topological polar surface area (TPSA) is 56.0 Å². The largest absolute Gasteiger partial charge is 0.346 e. The fourth-order valence-electron chi connectivity index (χ4n) is 2.50. The SMILES string of the molecule is Cc1cc(C)n(CCCC(=O)N(C)CCCn2cccn2)n1. The highest BCUT2D eigenvalue weighted by Crippen LogP contribution is 2.05. The Bertz CT molecular complexity index is 588. The maximum atomic E-state index is 12.1. The summed E-state index contributed by atoms with van der Waals surface area (Å²) in [5.74, 6) is 0.196. The van der Waals surface area contributed by atoms with Crippen molar-refractivity contribution in [3.05, 3.63) is 35.9 Å². The number of carbonyl (C=O) groups excluding carboxylic acids is 1. The summed E-state index contributed by atoms with van der Waals surface area (Å²) in [7, 11) is 1.87. The smallest absolute Gasteiger partial charge is 0.222 e. The van der Waals surface area contributed by atoms with Gasteiger partial charge in [0.25, 0.3) is 0 Å². The van der Waals surface area contributed by atoms with E-state index in [4.69, 9.17) is 0 Å². The van der Waals surface area contributed by atoms with E-state index in [2.05, 4.69) is 16.3 Å². The molecule has 0 aliphatic heterocycles. The van der Waals surface area contributed by atoms with Crippen LogP contribution in [0, 0.1) is 13.8 Å². The molecular formula is C16H25N5O. The minimum atomic E-state index is 0.196. The van der Waals surface area contributed by atoms with Crippen molar-refractivity contribution < 1.29 is 4.79 Å². The number of aryl methyl sites for hydroxylation is 4. The maximum absolute atomic E-state index is 12.1. The van der Waals surface area contributed by atoms with E-state index in [0.29, 0.717) is 6.42 Å². The average molecular weight is 303 g/mol. The first kappa shape index (κ1) is 16.3. The van der Waals surface area contributed by atoms with Gasteiger partial charge in [-0.25, -0.2) is 0 Å². The number of nitrogens with zero attached hydrogens (tertiary/aromatic N) is 5. The van der Waals surface area contributed by atoms with Crippen molar-refractivity contribution in [2.45, 2.75) is 46.2 Å². The van der Waals surface area contributed by atoms with Gasteiger partial charge < -0.3 is 4.90 Å². The average Bonchev–Trinajstić information content (AvgIpc) is 3.09. The fourth-order valence-corrected chi connectivity index (χ4v) is 2.50. The summed E-state index contributed by atoms with van der Waals surface area (Å²) in [5.41, 5.74) is 2.18. The molecule has 0 aliphatic carbocycles. The summed E-state index contributed by atoms with van der Waals surface area (Å²) in [4.78, 5) is 13.9. The molecule has 6 heteroatoms. The zero-order valence-electron chi connectivity index (χ0n) is 13.7. The van der Waals surface area contributed by atoms with Crippen molar-refractivity contribution in [2.24, 2.45) is 0 Å². The Labute approximate surface area is 131 Å². The molecule has 0 fully saturated rings. The monoisotopic (exact) mass is 303 g/mol. The molecule has 2 heterocycles. The van der Waals surface area contributed by atoms with Gasteiger partial charge in [-0.3, -0.25) is 14.2 Å². The quantitative estimate of drug-likeness (QED) is 0.750. The number of carbonyl (C=O) groups is 1. The molecule has 0 aromatic carbocycles. The molecular weight excluding hydrogens is 278 g/mol. The van der Waals surface area contributed by atoms with Crippen LogP contribution in [0.1, 0.15) is 30.7 Å². The molecule has 0 unspecified atom stereocenters. The Morgan fingerprint density at radius 1 is 1.27 bits per heavy atom. The van der Waals surface area contributed by atoms with Crippen LogP contribution in [0.15, 0.2) is 24.5 Å². The zero-order valence-corrected chi connectivity index (χ0v) is 13.7. The fraction of sp³-hybridized carbons (Fsp3) is 0.562. The Morgan fingerprint density at radius 3 is 2.73 bits per heavy atom. The third kappa shape index (κ3) is 4.72. The van der Waals surface area contributed by atoms with E-state index < -0.39 is 0 Å². The van der Waals surface area contributed by atoms with Gasteiger partial charge in [0.2, 0.25) is 5.91 Å². The molecule has 120 valence electrons. The molecule has 0 N–H and O–H groups in total. The summed E-state index contributed by atoms with van der Waals surface area (Å²) in [6.07, 6.45) is 6.02. The van der Waals surface area contributed by atoms with Crippen LogP contribution in [0.3, 0.4) is 0 Å². The van der Waals surface area contributed by atoms with Crippen LogP contribution < -0.4 is 0 Å². The first-order valence-electron chi connectivity index (χ1n) is 7.78. The summed E-state index contributed by atoms with van der Waals surface area (Å²) in [5, 5.41) is 8.57. The van der Waals surface area contributed by atoms with Gasteiger partial charge in [-0.2, -0.15) is 10.2 Å². The highest BCUT2D eigenvalue weighted by molar-refractivity contribution is 5.75. The molecule has 2 aromatic rings. The van der Waals surface area contributed by atoms with E-state index in [9.17, 15) is 4.79 Å². The van der Waals surface area contributed by atoms with Crippen LogP contribution in [-0.4, -0.2) is 44.0 Å². The van der Waals surface area contributed by atoms with Crippen molar-refractivity contribution in [1.29, 1.82) is 0 Å². The van der Waals surface area contributed by atoms with Crippen molar-refractivity contribution in [1.82, 2.24) is 24.5 Å². The normalized spacial score (nSPS) is 10.9. The third-order valence-corrected chi connectivity index (χ3v) is 3.73. The summed E-state index contributed by atoms with van der Waals surface area (Å²) < 4.78 is 3.86. The minimum Gasteiger partial charge on any atom is -0.346 e. The molecule has 0 atom stereocenters. The maximum Gasteiger partial charge on any atom is 0.222 e. The Kier molecular flexibility index (Phi) is 5.75. The molecule has 0 radical (unpaired) electrons. The van der Waals surface area contributed by atoms with E-state index in [-0.39, 0.29) is 5.91 Å². The van der Waals surface area contributed by atoms with Crippen LogP contribution in [0.5, 0.6) is 0 Å². The summed E-state index contributed by atoms with van der Waals surface area (Å²) in [6.45, 7) is 6.44. The second-order valence-corrected chi connectivity index (χ2v) is 5.69. The Morgan fingerprint density at radius 2 is 2.09 bits per heavy atom. The van der Waals surface area contributed by atoms with E-state index in [0.717, 1.165) is 43.9 Å². The molecule has 0 bridgehead atoms. The lowest BCUT2D eigenvalue weighted by Gasteiger charge is -2.17. The molecule has 0 aliphatic rings. The second kappa shape index (κ2) is 7.77. The Balaban J connectivity index is 1.64.